The number of primary amides is 1. The summed E-state index contributed by atoms with van der Waals surface area (Å²) in [5.74, 6) is -10.6. The highest BCUT2D eigenvalue weighted by atomic mass is 32.1. The lowest BCUT2D eigenvalue weighted by molar-refractivity contribution is -0.142. The molecule has 0 fully saturated rings. The maximum Gasteiger partial charge on any atom is 0.246 e. The third-order valence-corrected chi connectivity index (χ3v) is 14.2. The molecular formula is C60H85N13O14S. The smallest absolute Gasteiger partial charge is 0.246 e. The second kappa shape index (κ2) is 36.3. The van der Waals surface area contributed by atoms with Crippen molar-refractivity contribution in [1.29, 1.82) is 0 Å². The van der Waals surface area contributed by atoms with Crippen molar-refractivity contribution in [3.63, 3.8) is 0 Å². The van der Waals surface area contributed by atoms with Gasteiger partial charge in [-0.05, 0) is 74.4 Å². The topological polar surface area (TPSA) is 412 Å². The van der Waals surface area contributed by atoms with Gasteiger partial charge in [0.1, 0.15) is 54.4 Å². The van der Waals surface area contributed by atoms with E-state index < -0.39 is 168 Å². The zero-order valence-electron chi connectivity index (χ0n) is 51.0. The highest BCUT2D eigenvalue weighted by Gasteiger charge is 2.37. The van der Waals surface area contributed by atoms with Crippen LogP contribution in [0.2, 0.25) is 0 Å². The molecule has 3 rings (SSSR count). The number of hydrogen-bond acceptors (Lipinski definition) is 15. The Labute approximate surface area is 517 Å². The number of benzene rings is 3. The molecule has 0 aromatic heterocycles. The zero-order valence-corrected chi connectivity index (χ0v) is 51.8. The van der Waals surface area contributed by atoms with Crippen LogP contribution in [-0.2, 0) is 76.8 Å². The fourth-order valence-corrected chi connectivity index (χ4v) is 9.00. The van der Waals surface area contributed by atoms with Crippen molar-refractivity contribution >= 4 is 88.2 Å². The second-order valence-corrected chi connectivity index (χ2v) is 22.5. The van der Waals surface area contributed by atoms with Crippen LogP contribution in [0.5, 0.6) is 0 Å². The summed E-state index contributed by atoms with van der Waals surface area (Å²) in [7, 11) is 2.59. The zero-order chi connectivity index (χ0) is 65.9. The average molecular weight is 1240 g/mol. The summed E-state index contributed by atoms with van der Waals surface area (Å²) in [6.45, 7) is 8.79. The number of nitrogens with one attached hydrogen (secondary N) is 9. The van der Waals surface area contributed by atoms with E-state index in [2.05, 4.69) is 47.9 Å². The third kappa shape index (κ3) is 24.5. The SMILES string of the molecule is CC(C)CC(NC(=O)CNC(=O)C(Cc1ccccc1)N(C)C(=O)C(C)NC(=O)C(N)Cc1ccccc1)C(=O)NC(C)C(=O)NC(C(=O)NC(Cc1ccccc1)C(=O)NC(CC(O)=S)C(=O)N(C)C(C)C(=O)NC(CO)C(=O)NCC(N)=O)C(C)C. The van der Waals surface area contributed by atoms with E-state index in [9.17, 15) is 67.7 Å². The minimum absolute atomic E-state index is 0.0293. The molecule has 3 aromatic rings. The Hall–Kier alpha value is -8.89. The Morgan fingerprint density at radius 1 is 0.500 bits per heavy atom. The van der Waals surface area contributed by atoms with Crippen LogP contribution in [0.1, 0.15) is 78.0 Å². The molecule has 0 aliphatic carbocycles. The lowest BCUT2D eigenvalue weighted by Crippen LogP contribution is -2.61. The highest BCUT2D eigenvalue weighted by Crippen LogP contribution is 2.14. The summed E-state index contributed by atoms with van der Waals surface area (Å²) in [5, 5.41) is 41.8. The van der Waals surface area contributed by atoms with Crippen molar-refractivity contribution in [1.82, 2.24) is 57.7 Å². The van der Waals surface area contributed by atoms with E-state index in [0.717, 1.165) is 10.5 Å². The molecule has 0 bridgehead atoms. The van der Waals surface area contributed by atoms with E-state index in [1.807, 2.05) is 30.3 Å². The van der Waals surface area contributed by atoms with Crippen LogP contribution in [0.15, 0.2) is 91.0 Å². The summed E-state index contributed by atoms with van der Waals surface area (Å²) < 4.78 is 0. The van der Waals surface area contributed by atoms with Crippen molar-refractivity contribution in [2.75, 3.05) is 33.8 Å². The molecule has 10 unspecified atom stereocenters. The van der Waals surface area contributed by atoms with Gasteiger partial charge in [-0.1, -0.05) is 119 Å². The summed E-state index contributed by atoms with van der Waals surface area (Å²) in [4.78, 5) is 163. The lowest BCUT2D eigenvalue weighted by Gasteiger charge is -2.31. The largest absolute Gasteiger partial charge is 0.502 e. The first-order valence-corrected chi connectivity index (χ1v) is 29.0. The molecule has 12 amide bonds. The number of carbonyl (C=O) groups excluding carboxylic acids is 12. The number of hydrogen-bond donors (Lipinski definition) is 13. The number of amides is 12. The molecule has 0 radical (unpaired) electrons. The first-order chi connectivity index (χ1) is 41.4. The third-order valence-electron chi connectivity index (χ3n) is 14.0. The number of aliphatic hydroxyl groups is 2. The van der Waals surface area contributed by atoms with E-state index >= 15 is 0 Å². The Kier molecular flexibility index (Phi) is 30.3. The monoisotopic (exact) mass is 1240 g/mol. The molecular weight excluding hydrogens is 1160 g/mol. The molecule has 88 heavy (non-hydrogen) atoms. The molecule has 3 aromatic carbocycles. The Morgan fingerprint density at radius 2 is 0.989 bits per heavy atom. The van der Waals surface area contributed by atoms with Gasteiger partial charge in [-0.25, -0.2) is 0 Å². The van der Waals surface area contributed by atoms with E-state index in [0.29, 0.717) is 11.1 Å². The molecule has 0 saturated heterocycles. The molecule has 27 nitrogen and oxygen atoms in total. The van der Waals surface area contributed by atoms with Crippen LogP contribution in [-0.4, -0.2) is 190 Å². The molecule has 0 aliphatic rings. The van der Waals surface area contributed by atoms with Gasteiger partial charge >= 0.3 is 0 Å². The van der Waals surface area contributed by atoms with Crippen molar-refractivity contribution in [3.8, 4) is 0 Å². The average Bonchev–Trinajstić information content (AvgIpc) is 2.85. The van der Waals surface area contributed by atoms with Gasteiger partial charge in [0.25, 0.3) is 0 Å². The van der Waals surface area contributed by atoms with Crippen LogP contribution >= 0.6 is 12.2 Å². The quantitative estimate of drug-likeness (QED) is 0.0279. The fraction of sp³-hybridized carbons (Fsp3) is 0.483. The minimum atomic E-state index is -1.63. The molecule has 10 atom stereocenters. The van der Waals surface area contributed by atoms with Gasteiger partial charge in [-0.15, -0.1) is 0 Å². The van der Waals surface area contributed by atoms with E-state index in [1.54, 1.807) is 88.4 Å². The number of rotatable bonds is 35. The van der Waals surface area contributed by atoms with Crippen LogP contribution in [0.25, 0.3) is 0 Å². The summed E-state index contributed by atoms with van der Waals surface area (Å²) >= 11 is 4.88. The van der Waals surface area contributed by atoms with Crippen molar-refractivity contribution in [3.05, 3.63) is 108 Å². The maximum absolute atomic E-state index is 14.2. The summed E-state index contributed by atoms with van der Waals surface area (Å²) in [6.07, 6.45) is -0.449. The molecule has 0 heterocycles. The standard InChI is InChI=1S/C60H85N13O14S/c1-33(2)25-42(67-48(76)31-64-57(84)46(28-40-23-17-12-18-24-40)73(9)59(86)36(6)66-53(80)41(61)26-38-19-13-10-14-20-38)55(82)65-35(5)51(78)71-50(34(3)4)58(85)68-43(27-39-21-15-11-16-22-39)56(83)69-44(29-49(77)88)60(87)72(8)37(7)52(79)70-45(32-74)54(81)63-30-47(62)75/h10-24,33-37,41-46,50,74H,25-32,61H2,1-9H3,(H2,62,75)(H,63,81)(H,64,84)(H,65,82)(H,66,80)(H,67,76)(H,68,85)(H,69,83)(H,70,79)(H,71,78)(H,77,88). The fourth-order valence-electron chi connectivity index (χ4n) is 8.84. The van der Waals surface area contributed by atoms with Gasteiger partial charge in [-0.3, -0.25) is 57.5 Å². The molecule has 15 N–H and O–H groups in total. The first kappa shape index (κ1) is 73.4. The van der Waals surface area contributed by atoms with Gasteiger partial charge in [0.2, 0.25) is 70.9 Å². The summed E-state index contributed by atoms with van der Waals surface area (Å²) in [5.41, 5.74) is 13.3. The predicted octanol–water partition coefficient (Wildman–Crippen LogP) is -2.16. The Balaban J connectivity index is 1.74. The number of aliphatic hydroxyl groups excluding tert-OH is 2. The highest BCUT2D eigenvalue weighted by molar-refractivity contribution is 7.80. The van der Waals surface area contributed by atoms with Crippen LogP contribution in [0, 0.1) is 11.8 Å². The second-order valence-electron chi connectivity index (χ2n) is 22.1. The van der Waals surface area contributed by atoms with E-state index in [1.165, 1.54) is 39.8 Å². The Morgan fingerprint density at radius 3 is 1.50 bits per heavy atom. The van der Waals surface area contributed by atoms with Crippen molar-refractivity contribution in [2.45, 2.75) is 141 Å². The van der Waals surface area contributed by atoms with Gasteiger partial charge in [0.05, 0.1) is 25.7 Å². The van der Waals surface area contributed by atoms with Crippen LogP contribution in [0.3, 0.4) is 0 Å². The molecule has 0 saturated carbocycles. The number of likely N-dealkylation sites (N-methyl/N-ethyl adjacent to an activating group) is 2. The first-order valence-electron chi connectivity index (χ1n) is 28.6. The van der Waals surface area contributed by atoms with Gasteiger partial charge in [-0.2, -0.15) is 0 Å². The van der Waals surface area contributed by atoms with Gasteiger partial charge in [0, 0.05) is 33.4 Å². The molecule has 0 spiro atoms. The molecule has 480 valence electrons. The summed E-state index contributed by atoms with van der Waals surface area (Å²) in [6, 6.07) is 13.2. The van der Waals surface area contributed by atoms with Crippen molar-refractivity contribution in [2.24, 2.45) is 23.3 Å². The molecule has 0 aliphatic heterocycles. The number of nitrogens with zero attached hydrogens (tertiary/aromatic N) is 2. The molecule has 28 heteroatoms. The number of thiocarbonyl (C=S) groups is 1. The lowest BCUT2D eigenvalue weighted by atomic mass is 10.00. The van der Waals surface area contributed by atoms with Gasteiger partial charge in [0.15, 0.2) is 5.05 Å². The van der Waals surface area contributed by atoms with Crippen molar-refractivity contribution < 1.29 is 67.7 Å². The van der Waals surface area contributed by atoms with Gasteiger partial charge < -0.3 is 79.3 Å². The van der Waals surface area contributed by atoms with Crippen LogP contribution in [0.4, 0.5) is 0 Å². The minimum Gasteiger partial charge on any atom is -0.502 e. The van der Waals surface area contributed by atoms with Crippen LogP contribution < -0.4 is 59.3 Å². The van der Waals surface area contributed by atoms with E-state index in [4.69, 9.17) is 23.7 Å². The number of nitrogens with two attached hydrogens (primary N) is 2. The van der Waals surface area contributed by atoms with E-state index in [-0.39, 0.29) is 31.6 Å². The Bertz CT molecular complexity index is 2910. The maximum atomic E-state index is 14.2. The number of carbonyl (C=O) groups is 12. The normalized spacial score (nSPS) is 14.4. The predicted molar refractivity (Wildman–Crippen MR) is 329 cm³/mol.